The summed E-state index contributed by atoms with van der Waals surface area (Å²) in [6, 6.07) is 0. The largest absolute Gasteiger partial charge is 0.465 e. The molecule has 0 radical (unpaired) electrons. The molecule has 6 heteroatoms. The predicted octanol–water partition coefficient (Wildman–Crippen LogP) is -0.332. The summed E-state index contributed by atoms with van der Waals surface area (Å²) in [5.74, 6) is 1.23. The van der Waals surface area contributed by atoms with Crippen LogP contribution < -0.4 is 10.6 Å². The molecule has 0 spiro atoms. The van der Waals surface area contributed by atoms with Crippen LogP contribution in [0, 0.1) is 11.8 Å². The van der Waals surface area contributed by atoms with Crippen molar-refractivity contribution in [3.05, 3.63) is 12.4 Å². The second-order valence-corrected chi connectivity index (χ2v) is 4.17. The molecule has 0 amide bonds. The molecule has 6 nitrogen and oxygen atoms in total. The highest BCUT2D eigenvalue weighted by atomic mass is 16.5. The number of nitrogens with zero attached hydrogens (tertiary/aromatic N) is 3. The van der Waals surface area contributed by atoms with Gasteiger partial charge in [-0.25, -0.2) is 9.97 Å². The van der Waals surface area contributed by atoms with Crippen LogP contribution in [0.2, 0.25) is 0 Å². The van der Waals surface area contributed by atoms with Crippen molar-refractivity contribution in [3.63, 3.8) is 0 Å². The third-order valence-electron chi connectivity index (χ3n) is 3.19. The molecule has 0 saturated carbocycles. The normalized spacial score (nSPS) is 28.0. The van der Waals surface area contributed by atoms with Crippen LogP contribution in [0.3, 0.4) is 0 Å². The Hall–Kier alpha value is -1.85. The van der Waals surface area contributed by atoms with Crippen LogP contribution in [0.1, 0.15) is 0 Å². The van der Waals surface area contributed by atoms with Crippen LogP contribution >= 0.6 is 0 Å². The Morgan fingerprint density at radius 2 is 2.19 bits per heavy atom. The highest BCUT2D eigenvalue weighted by Gasteiger charge is 2.44. The number of nitrogen functional groups attached to an aromatic ring is 1. The summed E-state index contributed by atoms with van der Waals surface area (Å²) in [6.45, 7) is 1.91. The van der Waals surface area contributed by atoms with Crippen molar-refractivity contribution in [1.82, 2.24) is 9.97 Å². The van der Waals surface area contributed by atoms with Gasteiger partial charge in [-0.3, -0.25) is 4.79 Å². The van der Waals surface area contributed by atoms with Crippen LogP contribution in [-0.4, -0.2) is 35.6 Å². The van der Waals surface area contributed by atoms with Gasteiger partial charge in [-0.1, -0.05) is 0 Å². The van der Waals surface area contributed by atoms with Gasteiger partial charge in [-0.15, -0.1) is 0 Å². The van der Waals surface area contributed by atoms with Gasteiger partial charge in [0.05, 0.1) is 12.5 Å². The zero-order chi connectivity index (χ0) is 11.1. The van der Waals surface area contributed by atoms with Gasteiger partial charge in [-0.05, 0) is 0 Å². The van der Waals surface area contributed by atoms with E-state index in [1.54, 1.807) is 12.4 Å². The lowest BCUT2D eigenvalue weighted by Gasteiger charge is -2.18. The van der Waals surface area contributed by atoms with Crippen molar-refractivity contribution in [3.8, 4) is 0 Å². The molecule has 2 N–H and O–H groups in total. The molecule has 2 aliphatic heterocycles. The first-order valence-corrected chi connectivity index (χ1v) is 5.24. The summed E-state index contributed by atoms with van der Waals surface area (Å²) in [6.07, 6.45) is 3.17. The molecule has 2 aliphatic rings. The number of rotatable bonds is 1. The van der Waals surface area contributed by atoms with E-state index >= 15 is 0 Å². The van der Waals surface area contributed by atoms with Gasteiger partial charge in [0.15, 0.2) is 11.6 Å². The van der Waals surface area contributed by atoms with Crippen molar-refractivity contribution >= 4 is 17.6 Å². The number of aromatic nitrogens is 2. The molecule has 3 rings (SSSR count). The van der Waals surface area contributed by atoms with E-state index in [9.17, 15) is 4.79 Å². The summed E-state index contributed by atoms with van der Waals surface area (Å²) in [5.41, 5.74) is 5.75. The van der Waals surface area contributed by atoms with E-state index in [0.29, 0.717) is 24.8 Å². The standard InChI is InChI=1S/C10H12N4O2/c11-8-9(13-2-1-12-8)14-3-6-5-16-10(15)7(6)4-14/h1-2,6-7H,3-5H2,(H2,11,12)/t6-,7-/m1/s1. The van der Waals surface area contributed by atoms with Crippen LogP contribution in [0.15, 0.2) is 12.4 Å². The SMILES string of the molecule is Nc1nccnc1N1C[C@@H]2COC(=O)[C@@H]2C1. The minimum absolute atomic E-state index is 0.0265. The molecule has 1 aromatic heterocycles. The maximum absolute atomic E-state index is 11.4. The monoisotopic (exact) mass is 220 g/mol. The maximum atomic E-state index is 11.4. The number of hydrogen-bond acceptors (Lipinski definition) is 6. The van der Waals surface area contributed by atoms with Crippen molar-refractivity contribution in [2.45, 2.75) is 0 Å². The van der Waals surface area contributed by atoms with E-state index in [-0.39, 0.29) is 17.8 Å². The quantitative estimate of drug-likeness (QED) is 0.652. The third kappa shape index (κ3) is 1.30. The van der Waals surface area contributed by atoms with Crippen molar-refractivity contribution in [1.29, 1.82) is 0 Å². The lowest BCUT2D eigenvalue weighted by molar-refractivity contribution is -0.140. The summed E-state index contributed by atoms with van der Waals surface area (Å²) in [7, 11) is 0. The van der Waals surface area contributed by atoms with Gasteiger partial charge in [0.25, 0.3) is 0 Å². The molecular formula is C10H12N4O2. The summed E-state index contributed by atoms with van der Waals surface area (Å²) in [4.78, 5) is 21.6. The Bertz CT molecular complexity index is 437. The lowest BCUT2D eigenvalue weighted by atomic mass is 10.0. The lowest BCUT2D eigenvalue weighted by Crippen LogP contribution is -2.25. The first kappa shape index (κ1) is 9.38. The summed E-state index contributed by atoms with van der Waals surface area (Å²) >= 11 is 0. The second-order valence-electron chi connectivity index (χ2n) is 4.17. The first-order valence-electron chi connectivity index (χ1n) is 5.24. The number of carbonyl (C=O) groups is 1. The Balaban J connectivity index is 1.85. The molecule has 2 saturated heterocycles. The molecule has 84 valence electrons. The number of esters is 1. The van der Waals surface area contributed by atoms with E-state index in [1.165, 1.54) is 0 Å². The molecule has 0 bridgehead atoms. The zero-order valence-corrected chi connectivity index (χ0v) is 8.67. The van der Waals surface area contributed by atoms with E-state index in [2.05, 4.69) is 9.97 Å². The fraction of sp³-hybridized carbons (Fsp3) is 0.500. The number of anilines is 2. The minimum atomic E-state index is -0.102. The number of cyclic esters (lactones) is 1. The molecular weight excluding hydrogens is 208 g/mol. The van der Waals surface area contributed by atoms with Crippen LogP contribution in [0.4, 0.5) is 11.6 Å². The fourth-order valence-electron chi connectivity index (χ4n) is 2.36. The Kier molecular flexibility index (Phi) is 1.95. The third-order valence-corrected chi connectivity index (χ3v) is 3.19. The molecule has 3 heterocycles. The fourth-order valence-corrected chi connectivity index (χ4v) is 2.36. The number of ether oxygens (including phenoxy) is 1. The van der Waals surface area contributed by atoms with Gasteiger partial charge in [0.1, 0.15) is 0 Å². The minimum Gasteiger partial charge on any atom is -0.465 e. The first-order chi connectivity index (χ1) is 7.75. The van der Waals surface area contributed by atoms with Gasteiger partial charge < -0.3 is 15.4 Å². The average molecular weight is 220 g/mol. The van der Waals surface area contributed by atoms with Gasteiger partial charge in [0, 0.05) is 31.4 Å². The molecule has 0 aliphatic carbocycles. The van der Waals surface area contributed by atoms with Crippen molar-refractivity contribution in [2.24, 2.45) is 11.8 Å². The predicted molar refractivity (Wildman–Crippen MR) is 56.6 cm³/mol. The molecule has 2 fully saturated rings. The summed E-state index contributed by atoms with van der Waals surface area (Å²) in [5, 5.41) is 0. The molecule has 0 unspecified atom stereocenters. The topological polar surface area (TPSA) is 81.3 Å². The van der Waals surface area contributed by atoms with Crippen LogP contribution in [-0.2, 0) is 9.53 Å². The molecule has 0 aromatic carbocycles. The van der Waals surface area contributed by atoms with E-state index in [1.807, 2.05) is 4.90 Å². The Morgan fingerprint density at radius 1 is 1.38 bits per heavy atom. The second kappa shape index (κ2) is 3.33. The van der Waals surface area contributed by atoms with Gasteiger partial charge in [0.2, 0.25) is 0 Å². The average Bonchev–Trinajstić information content (AvgIpc) is 2.82. The van der Waals surface area contributed by atoms with Gasteiger partial charge >= 0.3 is 5.97 Å². The highest BCUT2D eigenvalue weighted by molar-refractivity contribution is 5.77. The number of hydrogen-bond donors (Lipinski definition) is 1. The van der Waals surface area contributed by atoms with E-state index in [4.69, 9.17) is 10.5 Å². The number of carbonyl (C=O) groups excluding carboxylic acids is 1. The Morgan fingerprint density at radius 3 is 2.94 bits per heavy atom. The van der Waals surface area contributed by atoms with Crippen molar-refractivity contribution in [2.75, 3.05) is 30.3 Å². The number of fused-ring (bicyclic) bond motifs is 1. The zero-order valence-electron chi connectivity index (χ0n) is 8.67. The smallest absolute Gasteiger partial charge is 0.311 e. The Labute approximate surface area is 92.4 Å². The number of nitrogens with two attached hydrogens (primary N) is 1. The maximum Gasteiger partial charge on any atom is 0.311 e. The molecule has 1 aromatic rings. The molecule has 2 atom stereocenters. The van der Waals surface area contributed by atoms with Gasteiger partial charge in [-0.2, -0.15) is 0 Å². The van der Waals surface area contributed by atoms with Crippen molar-refractivity contribution < 1.29 is 9.53 Å². The molecule has 16 heavy (non-hydrogen) atoms. The van der Waals surface area contributed by atoms with E-state index < -0.39 is 0 Å². The summed E-state index contributed by atoms with van der Waals surface area (Å²) < 4.78 is 5.00. The highest BCUT2D eigenvalue weighted by Crippen LogP contribution is 2.33. The van der Waals surface area contributed by atoms with Crippen LogP contribution in [0.25, 0.3) is 0 Å². The van der Waals surface area contributed by atoms with Crippen LogP contribution in [0.5, 0.6) is 0 Å². The van der Waals surface area contributed by atoms with E-state index in [0.717, 1.165) is 6.54 Å².